The van der Waals surface area contributed by atoms with Crippen molar-refractivity contribution in [3.8, 4) is 0 Å². The third kappa shape index (κ3) is 2.00. The van der Waals surface area contributed by atoms with Crippen molar-refractivity contribution in [2.75, 3.05) is 0 Å². The molecular weight excluding hydrogens is 120 g/mol. The zero-order chi connectivity index (χ0) is 7.61. The van der Waals surface area contributed by atoms with Crippen LogP contribution >= 0.6 is 0 Å². The largest absolute Gasteiger partial charge is 0.0596 e. The Morgan fingerprint density at radius 1 is 1.10 bits per heavy atom. The third-order valence-corrected chi connectivity index (χ3v) is 1.73. The molecule has 55 valence electrons. The molecule has 0 saturated heterocycles. The van der Waals surface area contributed by atoms with Crippen molar-refractivity contribution in [1.82, 2.24) is 0 Å². The third-order valence-electron chi connectivity index (χ3n) is 1.73. The second-order valence-electron chi connectivity index (χ2n) is 3.75. The number of hydrogen-bond acceptors (Lipinski definition) is 0. The Balaban J connectivity index is 2.39. The molecule has 1 rings (SSSR count). The van der Waals surface area contributed by atoms with Crippen molar-refractivity contribution in [3.63, 3.8) is 0 Å². The number of rotatable bonds is 0. The Bertz CT molecular complexity index is 91.1. The molecule has 1 aliphatic carbocycles. The summed E-state index contributed by atoms with van der Waals surface area (Å²) >= 11 is 0. The summed E-state index contributed by atoms with van der Waals surface area (Å²) in [6.45, 7) is 6.72. The summed E-state index contributed by atoms with van der Waals surface area (Å²) in [6, 6.07) is 0. The first-order valence-electron chi connectivity index (χ1n) is 3.81. The van der Waals surface area contributed by atoms with Gasteiger partial charge in [-0.1, -0.05) is 20.8 Å². The first-order chi connectivity index (χ1) is 4.61. The Morgan fingerprint density at radius 2 is 1.60 bits per heavy atom. The highest BCUT2D eigenvalue weighted by molar-refractivity contribution is 5.31. The van der Waals surface area contributed by atoms with Crippen LogP contribution in [0.15, 0.2) is 0 Å². The Morgan fingerprint density at radius 3 is 1.90 bits per heavy atom. The van der Waals surface area contributed by atoms with Gasteiger partial charge in [0.25, 0.3) is 0 Å². The maximum absolute atomic E-state index is 2.24. The fraction of sp³-hybridized carbons (Fsp3) is 0.500. The molecule has 0 N–H and O–H groups in total. The lowest BCUT2D eigenvalue weighted by atomic mass is 9.72. The first-order valence-corrected chi connectivity index (χ1v) is 3.81. The van der Waals surface area contributed by atoms with Gasteiger partial charge in [-0.15, -0.1) is 0 Å². The van der Waals surface area contributed by atoms with E-state index in [2.05, 4.69) is 46.5 Å². The molecule has 1 fully saturated rings. The fourth-order valence-electron chi connectivity index (χ4n) is 1.02. The molecule has 0 aromatic heterocycles. The monoisotopic (exact) mass is 135 g/mol. The number of hydrogen-bond donors (Lipinski definition) is 0. The summed E-state index contributed by atoms with van der Waals surface area (Å²) in [4.78, 5) is 0. The van der Waals surface area contributed by atoms with E-state index in [1.807, 2.05) is 0 Å². The van der Waals surface area contributed by atoms with Crippen molar-refractivity contribution in [1.29, 1.82) is 0 Å². The predicted molar refractivity (Wildman–Crippen MR) is 44.5 cm³/mol. The van der Waals surface area contributed by atoms with Gasteiger partial charge in [-0.3, -0.25) is 0 Å². The van der Waals surface area contributed by atoms with Crippen LogP contribution < -0.4 is 0 Å². The Labute approximate surface area is 65.0 Å². The summed E-state index contributed by atoms with van der Waals surface area (Å²) in [5, 5.41) is 0. The van der Waals surface area contributed by atoms with Gasteiger partial charge in [-0.2, -0.15) is 0 Å². The second-order valence-corrected chi connectivity index (χ2v) is 3.75. The van der Waals surface area contributed by atoms with E-state index in [0.717, 1.165) is 6.42 Å². The Hall–Kier alpha value is 0. The van der Waals surface area contributed by atoms with Gasteiger partial charge in [0.1, 0.15) is 0 Å². The summed E-state index contributed by atoms with van der Waals surface area (Å²) in [6.07, 6.45) is 9.96. The Kier molecular flexibility index (Phi) is 2.38. The molecule has 0 nitrogen and oxygen atoms in total. The van der Waals surface area contributed by atoms with Crippen LogP contribution in [0.5, 0.6) is 0 Å². The summed E-state index contributed by atoms with van der Waals surface area (Å²) in [7, 11) is 0. The molecule has 0 aromatic carbocycles. The van der Waals surface area contributed by atoms with E-state index in [4.69, 9.17) is 0 Å². The molecule has 0 amide bonds. The molecule has 0 aliphatic heterocycles. The van der Waals surface area contributed by atoms with Crippen LogP contribution in [0.3, 0.4) is 0 Å². The van der Waals surface area contributed by atoms with Crippen molar-refractivity contribution in [2.24, 2.45) is 5.41 Å². The van der Waals surface area contributed by atoms with E-state index < -0.39 is 0 Å². The predicted octanol–water partition coefficient (Wildman–Crippen LogP) is 2.83. The van der Waals surface area contributed by atoms with Crippen molar-refractivity contribution >= 4 is 0 Å². The highest BCUT2D eigenvalue weighted by atomic mass is 14.3. The molecule has 1 saturated carbocycles. The molecule has 0 aromatic rings. The van der Waals surface area contributed by atoms with Gasteiger partial charge in [0.05, 0.1) is 0 Å². The molecule has 0 spiro atoms. The van der Waals surface area contributed by atoms with Crippen LogP contribution in [0, 0.1) is 37.0 Å². The topological polar surface area (TPSA) is 0 Å². The van der Waals surface area contributed by atoms with E-state index in [1.54, 1.807) is 0 Å². The highest BCUT2D eigenvalue weighted by Gasteiger charge is 2.26. The quantitative estimate of drug-likeness (QED) is 0.479. The fourth-order valence-corrected chi connectivity index (χ4v) is 1.02. The van der Waals surface area contributed by atoms with E-state index in [9.17, 15) is 0 Å². The minimum Gasteiger partial charge on any atom is -0.0596 e. The molecule has 0 bridgehead atoms. The van der Waals surface area contributed by atoms with Crippen LogP contribution in [0.4, 0.5) is 0 Å². The molecular formula is C10H15. The van der Waals surface area contributed by atoms with E-state index in [-0.39, 0.29) is 0 Å². The van der Waals surface area contributed by atoms with Crippen LogP contribution in [-0.4, -0.2) is 0 Å². The van der Waals surface area contributed by atoms with E-state index >= 15 is 0 Å². The van der Waals surface area contributed by atoms with Crippen LogP contribution in [0.1, 0.15) is 27.2 Å². The second kappa shape index (κ2) is 2.94. The first kappa shape index (κ1) is 8.10. The smallest absolute Gasteiger partial charge is 0.0114 e. The molecule has 0 heteroatoms. The minimum atomic E-state index is 0.313. The summed E-state index contributed by atoms with van der Waals surface area (Å²) < 4.78 is 0. The molecule has 0 heterocycles. The average molecular weight is 135 g/mol. The van der Waals surface area contributed by atoms with Gasteiger partial charge in [0.2, 0.25) is 0 Å². The minimum absolute atomic E-state index is 0.313. The molecule has 10 heavy (non-hydrogen) atoms. The molecule has 1 aliphatic rings. The lowest BCUT2D eigenvalue weighted by Crippen LogP contribution is -2.22. The molecule has 5 radical (unpaired) electrons. The normalized spacial score (nSPS) is 23.1. The van der Waals surface area contributed by atoms with Gasteiger partial charge in [0.15, 0.2) is 0 Å². The van der Waals surface area contributed by atoms with Gasteiger partial charge < -0.3 is 0 Å². The van der Waals surface area contributed by atoms with Gasteiger partial charge in [0, 0.05) is 0 Å². The zero-order valence-corrected chi connectivity index (χ0v) is 7.02. The van der Waals surface area contributed by atoms with Crippen LogP contribution in [0.2, 0.25) is 0 Å². The van der Waals surface area contributed by atoms with E-state index in [1.165, 1.54) is 5.92 Å². The summed E-state index contributed by atoms with van der Waals surface area (Å²) in [5.74, 6) is 1.43. The lowest BCUT2D eigenvalue weighted by Gasteiger charge is -2.32. The van der Waals surface area contributed by atoms with Gasteiger partial charge in [-0.25, -0.2) is 0 Å². The maximum Gasteiger partial charge on any atom is -0.0114 e. The van der Waals surface area contributed by atoms with Crippen LogP contribution in [0.25, 0.3) is 0 Å². The standard InChI is InChI=1S/C10H15/c1-10(2,3)9-7-5-4-6-8-9/h5-8H,4H2,1-3H3. The zero-order valence-electron chi connectivity index (χ0n) is 7.02. The average Bonchev–Trinajstić information content (AvgIpc) is 1.88. The SMILES string of the molecule is CC(C)(C)[C]1[CH][CH]C[CH][CH]1. The summed E-state index contributed by atoms with van der Waals surface area (Å²) in [5.41, 5.74) is 0.313. The van der Waals surface area contributed by atoms with Gasteiger partial charge >= 0.3 is 0 Å². The van der Waals surface area contributed by atoms with Crippen molar-refractivity contribution in [2.45, 2.75) is 27.2 Å². The molecule has 0 unspecified atom stereocenters. The van der Waals surface area contributed by atoms with Crippen molar-refractivity contribution < 1.29 is 0 Å². The van der Waals surface area contributed by atoms with Crippen molar-refractivity contribution in [3.05, 3.63) is 31.6 Å². The maximum atomic E-state index is 2.24. The lowest BCUT2D eigenvalue weighted by molar-refractivity contribution is 0.449. The van der Waals surface area contributed by atoms with Gasteiger partial charge in [-0.05, 0) is 43.4 Å². The van der Waals surface area contributed by atoms with E-state index in [0.29, 0.717) is 5.41 Å². The van der Waals surface area contributed by atoms with Crippen LogP contribution in [-0.2, 0) is 0 Å². The molecule has 0 atom stereocenters. The highest BCUT2D eigenvalue weighted by Crippen LogP contribution is 2.37.